The van der Waals surface area contributed by atoms with E-state index in [1.165, 1.54) is 13.2 Å². The Kier molecular flexibility index (Phi) is 4.60. The van der Waals surface area contributed by atoms with Gasteiger partial charge in [-0.1, -0.05) is 23.7 Å². The van der Waals surface area contributed by atoms with Crippen molar-refractivity contribution in [3.05, 3.63) is 63.9 Å². The zero-order valence-electron chi connectivity index (χ0n) is 11.3. The number of rotatable bonds is 4. The van der Waals surface area contributed by atoms with Crippen LogP contribution in [0.3, 0.4) is 0 Å². The van der Waals surface area contributed by atoms with E-state index in [-0.39, 0.29) is 11.8 Å². The van der Waals surface area contributed by atoms with Gasteiger partial charge < -0.3 is 4.74 Å². The lowest BCUT2D eigenvalue weighted by atomic mass is 9.95. The molecule has 1 unspecified atom stereocenters. The fourth-order valence-electron chi connectivity index (χ4n) is 2.15. The molecule has 0 aliphatic carbocycles. The van der Waals surface area contributed by atoms with E-state index >= 15 is 0 Å². The van der Waals surface area contributed by atoms with Gasteiger partial charge in [0.2, 0.25) is 0 Å². The number of methoxy groups -OCH3 is 1. The summed E-state index contributed by atoms with van der Waals surface area (Å²) in [6, 6.07) is 9.95. The lowest BCUT2D eigenvalue weighted by Crippen LogP contribution is -2.29. The van der Waals surface area contributed by atoms with Crippen LogP contribution < -0.4 is 16.0 Å². The number of nitrogens with two attached hydrogens (primary N) is 1. The molecule has 0 fully saturated rings. The Balaban J connectivity index is 2.46. The van der Waals surface area contributed by atoms with Gasteiger partial charge in [0.15, 0.2) is 11.6 Å². The van der Waals surface area contributed by atoms with Crippen LogP contribution in [0.1, 0.15) is 22.7 Å². The topological polar surface area (TPSA) is 47.3 Å². The van der Waals surface area contributed by atoms with Gasteiger partial charge in [0.05, 0.1) is 13.2 Å². The van der Waals surface area contributed by atoms with Gasteiger partial charge in [0.25, 0.3) is 0 Å². The molecule has 3 nitrogen and oxygen atoms in total. The normalized spacial score (nSPS) is 12.2. The van der Waals surface area contributed by atoms with E-state index in [2.05, 4.69) is 5.43 Å². The van der Waals surface area contributed by atoms with Crippen LogP contribution in [0, 0.1) is 12.7 Å². The minimum atomic E-state index is -0.426. The number of aryl methyl sites for hydroxylation is 1. The highest BCUT2D eigenvalue weighted by molar-refractivity contribution is 6.30. The van der Waals surface area contributed by atoms with Gasteiger partial charge in [0, 0.05) is 5.02 Å². The molecule has 2 aromatic carbocycles. The Labute approximate surface area is 122 Å². The molecule has 3 N–H and O–H groups in total. The zero-order valence-corrected chi connectivity index (χ0v) is 12.0. The molecule has 0 heterocycles. The summed E-state index contributed by atoms with van der Waals surface area (Å²) in [5.41, 5.74) is 5.33. The summed E-state index contributed by atoms with van der Waals surface area (Å²) < 4.78 is 18.7. The summed E-state index contributed by atoms with van der Waals surface area (Å²) in [5.74, 6) is 5.40. The van der Waals surface area contributed by atoms with Gasteiger partial charge in [-0.2, -0.15) is 0 Å². The average Bonchev–Trinajstić information content (AvgIpc) is 2.44. The van der Waals surface area contributed by atoms with E-state index in [1.807, 2.05) is 25.1 Å². The highest BCUT2D eigenvalue weighted by atomic mass is 35.5. The summed E-state index contributed by atoms with van der Waals surface area (Å²) in [5, 5.41) is 0.611. The van der Waals surface area contributed by atoms with Gasteiger partial charge in [0.1, 0.15) is 0 Å². The van der Waals surface area contributed by atoms with Crippen molar-refractivity contribution in [3.63, 3.8) is 0 Å². The average molecular weight is 295 g/mol. The molecule has 106 valence electrons. The van der Waals surface area contributed by atoms with Crippen LogP contribution in [0.15, 0.2) is 36.4 Å². The Morgan fingerprint density at radius 1 is 1.25 bits per heavy atom. The molecule has 2 aromatic rings. The number of hydrogen-bond donors (Lipinski definition) is 2. The molecule has 0 aliphatic heterocycles. The quantitative estimate of drug-likeness (QED) is 0.671. The first-order chi connectivity index (χ1) is 9.56. The van der Waals surface area contributed by atoms with Crippen LogP contribution in [-0.4, -0.2) is 7.11 Å². The summed E-state index contributed by atoms with van der Waals surface area (Å²) in [6.45, 7) is 1.95. The summed E-state index contributed by atoms with van der Waals surface area (Å²) >= 11 is 6.02. The number of halogens is 2. The van der Waals surface area contributed by atoms with E-state index in [0.717, 1.165) is 11.1 Å². The second-order valence-electron chi connectivity index (χ2n) is 4.49. The fraction of sp³-hybridized carbons (Fsp3) is 0.200. The van der Waals surface area contributed by atoms with Gasteiger partial charge in [-0.15, -0.1) is 0 Å². The van der Waals surface area contributed by atoms with E-state index < -0.39 is 5.82 Å². The first-order valence-corrected chi connectivity index (χ1v) is 6.50. The second kappa shape index (κ2) is 6.22. The summed E-state index contributed by atoms with van der Waals surface area (Å²) in [4.78, 5) is 0. The van der Waals surface area contributed by atoms with Crippen molar-refractivity contribution < 1.29 is 9.13 Å². The predicted octanol–water partition coefficient (Wildman–Crippen LogP) is 3.35. The monoisotopic (exact) mass is 294 g/mol. The van der Waals surface area contributed by atoms with E-state index in [9.17, 15) is 4.39 Å². The Morgan fingerprint density at radius 3 is 2.60 bits per heavy atom. The van der Waals surface area contributed by atoms with Crippen molar-refractivity contribution in [2.24, 2.45) is 5.84 Å². The molecule has 0 radical (unpaired) electrons. The largest absolute Gasteiger partial charge is 0.494 e. The minimum Gasteiger partial charge on any atom is -0.494 e. The lowest BCUT2D eigenvalue weighted by molar-refractivity contribution is 0.385. The van der Waals surface area contributed by atoms with E-state index in [4.69, 9.17) is 22.2 Å². The Hall–Kier alpha value is -1.62. The second-order valence-corrected chi connectivity index (χ2v) is 4.93. The van der Waals surface area contributed by atoms with Crippen molar-refractivity contribution >= 4 is 11.6 Å². The van der Waals surface area contributed by atoms with Crippen LogP contribution in [0.2, 0.25) is 5.02 Å². The maximum Gasteiger partial charge on any atom is 0.165 e. The summed E-state index contributed by atoms with van der Waals surface area (Å²) in [6.07, 6.45) is 0. The molecule has 1 atom stereocenters. The van der Waals surface area contributed by atoms with Crippen molar-refractivity contribution in [3.8, 4) is 5.75 Å². The lowest BCUT2D eigenvalue weighted by Gasteiger charge is -2.20. The van der Waals surface area contributed by atoms with Crippen LogP contribution in [0.4, 0.5) is 4.39 Å². The van der Waals surface area contributed by atoms with Gasteiger partial charge in [-0.05, 0) is 47.9 Å². The van der Waals surface area contributed by atoms with Crippen LogP contribution >= 0.6 is 11.6 Å². The molecule has 20 heavy (non-hydrogen) atoms. The van der Waals surface area contributed by atoms with Crippen molar-refractivity contribution in [1.82, 2.24) is 5.43 Å². The summed E-state index contributed by atoms with van der Waals surface area (Å²) in [7, 11) is 1.43. The molecule has 0 amide bonds. The Morgan fingerprint density at radius 2 is 2.00 bits per heavy atom. The van der Waals surface area contributed by atoms with Crippen molar-refractivity contribution in [1.29, 1.82) is 0 Å². The molecule has 0 saturated carbocycles. The third-order valence-corrected chi connectivity index (χ3v) is 3.46. The molecule has 0 aliphatic rings. The molecular formula is C15H16ClFN2O. The smallest absolute Gasteiger partial charge is 0.165 e. The number of hydrazine groups is 1. The minimum absolute atomic E-state index is 0.201. The van der Waals surface area contributed by atoms with Gasteiger partial charge in [-0.3, -0.25) is 5.84 Å². The maximum atomic E-state index is 13.8. The third kappa shape index (κ3) is 2.93. The predicted molar refractivity (Wildman–Crippen MR) is 78.3 cm³/mol. The number of hydrogen-bond acceptors (Lipinski definition) is 3. The SMILES string of the molecule is COc1ccc(C(NN)c2cc(Cl)ccc2C)cc1F. The van der Waals surface area contributed by atoms with Gasteiger partial charge >= 0.3 is 0 Å². The van der Waals surface area contributed by atoms with E-state index in [0.29, 0.717) is 10.6 Å². The zero-order chi connectivity index (χ0) is 14.7. The van der Waals surface area contributed by atoms with Crippen LogP contribution in [-0.2, 0) is 0 Å². The Bertz CT molecular complexity index is 619. The standard InChI is InChI=1S/C15H16ClFN2O/c1-9-3-5-11(16)8-12(9)15(19-18)10-4-6-14(20-2)13(17)7-10/h3-8,15,19H,18H2,1-2H3. The molecular weight excluding hydrogens is 279 g/mol. The number of ether oxygens (including phenoxy) is 1. The van der Waals surface area contributed by atoms with Crippen molar-refractivity contribution in [2.45, 2.75) is 13.0 Å². The van der Waals surface area contributed by atoms with Crippen LogP contribution in [0.25, 0.3) is 0 Å². The van der Waals surface area contributed by atoms with Gasteiger partial charge in [-0.25, -0.2) is 9.82 Å². The molecule has 0 aromatic heterocycles. The molecule has 0 bridgehead atoms. The number of benzene rings is 2. The third-order valence-electron chi connectivity index (χ3n) is 3.23. The van der Waals surface area contributed by atoms with E-state index in [1.54, 1.807) is 12.1 Å². The molecule has 2 rings (SSSR count). The number of nitrogens with one attached hydrogen (secondary N) is 1. The molecule has 0 spiro atoms. The first kappa shape index (κ1) is 14.8. The highest BCUT2D eigenvalue weighted by Gasteiger charge is 2.17. The maximum absolute atomic E-state index is 13.8. The highest BCUT2D eigenvalue weighted by Crippen LogP contribution is 2.29. The van der Waals surface area contributed by atoms with Crippen LogP contribution in [0.5, 0.6) is 5.75 Å². The fourth-order valence-corrected chi connectivity index (χ4v) is 2.33. The molecule has 5 heteroatoms. The molecule has 0 saturated heterocycles. The first-order valence-electron chi connectivity index (χ1n) is 6.12. The van der Waals surface area contributed by atoms with Crippen molar-refractivity contribution in [2.75, 3.05) is 7.11 Å².